The number of carbonyl (C=O) groups is 7. The molecule has 0 fully saturated rings. The van der Waals surface area contributed by atoms with E-state index in [1.165, 1.54) is 73.6 Å². The zero-order valence-corrected chi connectivity index (χ0v) is 46.0. The molecule has 3 aromatic rings. The van der Waals surface area contributed by atoms with Gasteiger partial charge in [-0.1, -0.05) is 55.9 Å². The molecule has 3 aromatic carbocycles. The molecule has 0 saturated heterocycles. The largest absolute Gasteiger partial charge is 0.493 e. The molecule has 7 rings (SSSR count). The van der Waals surface area contributed by atoms with Gasteiger partial charge in [-0.2, -0.15) is 0 Å². The van der Waals surface area contributed by atoms with Crippen molar-refractivity contribution in [2.45, 2.75) is 117 Å². The third-order valence-electron chi connectivity index (χ3n) is 13.6. The second kappa shape index (κ2) is 26.4. The number of rotatable bonds is 21. The molecule has 0 aliphatic carbocycles. The standard InChI is InChI=1S/C57H69N7O16/c1-10-19-78-55(71)60-48(32(3)4)50(66)58-35(7)49(65)59-37-17-15-36(16-18-37)31-80-57(73)64-41-28-47(45(75-9)26-39(41)52(68)62-30-34(6)24-43(62)54(64)70)77-22-14-12-13-21-76-46-27-40-38(25-44(46)74-8)51(67)61-29-33(5)23-42(61)53(69)63(40)56(72)79-20-11-2/h10-11,15-18,20,25-30,32,35,42-43,48,53-54,69-70H,1,12-14,19,21-24,31H2,2-9H3,(H,58,66)(H,59,65)(H,60,71)/b20-11+/t35-,42-,43-,48-,53-,54-/m0/s1. The number of hydrogen-bond acceptors (Lipinski definition) is 16. The Labute approximate surface area is 463 Å². The van der Waals surface area contributed by atoms with Crippen LogP contribution in [0.1, 0.15) is 99.9 Å². The summed E-state index contributed by atoms with van der Waals surface area (Å²) >= 11 is 0. The summed E-state index contributed by atoms with van der Waals surface area (Å²) in [7, 11) is 2.85. The van der Waals surface area contributed by atoms with E-state index in [9.17, 15) is 43.8 Å². The number of methoxy groups -OCH3 is 2. The summed E-state index contributed by atoms with van der Waals surface area (Å²) in [5, 5.41) is 31.3. The van der Waals surface area contributed by atoms with Gasteiger partial charge in [0.25, 0.3) is 11.8 Å². The van der Waals surface area contributed by atoms with Gasteiger partial charge in [-0.15, -0.1) is 0 Å². The Balaban J connectivity index is 0.983. The van der Waals surface area contributed by atoms with E-state index in [4.69, 9.17) is 33.2 Å². The van der Waals surface area contributed by atoms with E-state index in [2.05, 4.69) is 22.5 Å². The molecule has 0 unspecified atom stereocenters. The summed E-state index contributed by atoms with van der Waals surface area (Å²) in [5.74, 6) is -1.47. The van der Waals surface area contributed by atoms with Crippen LogP contribution in [0.25, 0.3) is 0 Å². The third kappa shape index (κ3) is 13.3. The summed E-state index contributed by atoms with van der Waals surface area (Å²) in [5.41, 5.74) is 2.86. The first-order chi connectivity index (χ1) is 38.3. The highest BCUT2D eigenvalue weighted by atomic mass is 16.6. The van der Waals surface area contributed by atoms with Crippen LogP contribution in [0.4, 0.5) is 31.4 Å². The minimum absolute atomic E-state index is 0.0316. The molecule has 0 aromatic heterocycles. The smallest absolute Gasteiger partial charge is 0.421 e. The molecule has 0 saturated carbocycles. The minimum atomic E-state index is -1.54. The van der Waals surface area contributed by atoms with Gasteiger partial charge in [0.05, 0.1) is 68.3 Å². The number of amides is 7. The fourth-order valence-corrected chi connectivity index (χ4v) is 9.53. The van der Waals surface area contributed by atoms with Crippen molar-refractivity contribution < 1.29 is 76.9 Å². The van der Waals surface area contributed by atoms with Crippen LogP contribution in [0.3, 0.4) is 0 Å². The van der Waals surface area contributed by atoms with Crippen LogP contribution >= 0.6 is 0 Å². The first-order valence-corrected chi connectivity index (χ1v) is 26.2. The number of aliphatic hydroxyl groups is 2. The highest BCUT2D eigenvalue weighted by Gasteiger charge is 2.47. The van der Waals surface area contributed by atoms with Crippen molar-refractivity contribution in [2.24, 2.45) is 5.92 Å². The minimum Gasteiger partial charge on any atom is -0.493 e. The number of alkyl carbamates (subject to hydrolysis) is 1. The van der Waals surface area contributed by atoms with Crippen molar-refractivity contribution >= 4 is 59.0 Å². The summed E-state index contributed by atoms with van der Waals surface area (Å²) in [4.78, 5) is 98.7. The lowest BCUT2D eigenvalue weighted by Gasteiger charge is -2.31. The highest BCUT2D eigenvalue weighted by molar-refractivity contribution is 6.08. The zero-order chi connectivity index (χ0) is 57.9. The van der Waals surface area contributed by atoms with Crippen molar-refractivity contribution in [3.8, 4) is 23.0 Å². The normalized spacial score (nSPS) is 19.0. The van der Waals surface area contributed by atoms with Crippen LogP contribution in [0, 0.1) is 5.92 Å². The first-order valence-electron chi connectivity index (χ1n) is 26.2. The quantitative estimate of drug-likeness (QED) is 0.0304. The predicted molar refractivity (Wildman–Crippen MR) is 292 cm³/mol. The maximum absolute atomic E-state index is 14.2. The van der Waals surface area contributed by atoms with E-state index in [1.54, 1.807) is 57.4 Å². The van der Waals surface area contributed by atoms with Crippen molar-refractivity contribution in [1.82, 2.24) is 20.4 Å². The fourth-order valence-electron chi connectivity index (χ4n) is 9.53. The van der Waals surface area contributed by atoms with E-state index in [-0.39, 0.29) is 84.3 Å². The Bertz CT molecular complexity index is 2940. The molecule has 0 bridgehead atoms. The number of benzene rings is 3. The number of hydrogen-bond donors (Lipinski definition) is 5. The van der Waals surface area contributed by atoms with Gasteiger partial charge in [0.15, 0.2) is 35.5 Å². The lowest BCUT2D eigenvalue weighted by Crippen LogP contribution is -2.53. The van der Waals surface area contributed by atoms with E-state index in [0.29, 0.717) is 36.9 Å². The second-order valence-electron chi connectivity index (χ2n) is 19.9. The van der Waals surface area contributed by atoms with Crippen LogP contribution in [0.15, 0.2) is 97.1 Å². The van der Waals surface area contributed by atoms with Gasteiger partial charge < -0.3 is 69.1 Å². The molecule has 4 aliphatic heterocycles. The molecule has 4 heterocycles. The van der Waals surface area contributed by atoms with E-state index >= 15 is 0 Å². The molecular formula is C57H69N7O16. The SMILES string of the molecule is C=CCOC(=O)N[C@H](C(=O)N[C@@H](C)C(=O)Nc1ccc(COC(=O)N2c3cc(OCCCCCOc4cc5c(cc4OC)C(=O)N4C=C(C)C[C@H]4[C@H](O)N5C(=O)O/C=C/C)c(OC)cc3C(=O)N3C=C(C)C[C@H]3[C@@H]2O)cc1)C(C)C. The van der Waals surface area contributed by atoms with Crippen LogP contribution < -0.4 is 44.7 Å². The summed E-state index contributed by atoms with van der Waals surface area (Å²) in [6, 6.07) is 8.74. The molecule has 5 N–H and O–H groups in total. The first kappa shape index (κ1) is 59.1. The number of carbonyl (C=O) groups excluding carboxylic acids is 7. The molecule has 6 atom stereocenters. The number of nitrogens with zero attached hydrogens (tertiary/aromatic N) is 4. The van der Waals surface area contributed by atoms with E-state index < -0.39 is 78.5 Å². The Morgan fingerprint density at radius 2 is 1.24 bits per heavy atom. The summed E-state index contributed by atoms with van der Waals surface area (Å²) in [6.45, 7) is 13.8. The van der Waals surface area contributed by atoms with Gasteiger partial charge in [-0.25, -0.2) is 24.2 Å². The maximum atomic E-state index is 14.2. The highest BCUT2D eigenvalue weighted by Crippen LogP contribution is 2.44. The lowest BCUT2D eigenvalue weighted by atomic mass is 10.0. The molecule has 23 heteroatoms. The fraction of sp³-hybridized carbons (Fsp3) is 0.421. The molecule has 0 radical (unpaired) electrons. The van der Waals surface area contributed by atoms with Crippen LogP contribution in [0.2, 0.25) is 0 Å². The van der Waals surface area contributed by atoms with Crippen LogP contribution in [-0.4, -0.2) is 133 Å². The Morgan fingerprint density at radius 3 is 1.73 bits per heavy atom. The maximum Gasteiger partial charge on any atom is 0.421 e. The van der Waals surface area contributed by atoms with Crippen molar-refractivity contribution in [1.29, 1.82) is 0 Å². The average molecular weight is 1110 g/mol. The Hall–Kier alpha value is -8.57. The van der Waals surface area contributed by atoms with Gasteiger partial charge in [0, 0.05) is 30.2 Å². The molecule has 7 amide bonds. The third-order valence-corrected chi connectivity index (χ3v) is 13.6. The predicted octanol–water partition coefficient (Wildman–Crippen LogP) is 7.23. The number of aliphatic hydroxyl groups excluding tert-OH is 2. The molecule has 23 nitrogen and oxygen atoms in total. The van der Waals surface area contributed by atoms with Crippen LogP contribution in [-0.2, 0) is 30.4 Å². The zero-order valence-electron chi connectivity index (χ0n) is 46.0. The molecule has 428 valence electrons. The number of allylic oxidation sites excluding steroid dienone is 1. The number of fused-ring (bicyclic) bond motifs is 4. The average Bonchev–Trinajstić information content (AvgIpc) is 4.13. The van der Waals surface area contributed by atoms with Gasteiger partial charge >= 0.3 is 18.3 Å². The number of nitrogens with one attached hydrogen (secondary N) is 3. The van der Waals surface area contributed by atoms with E-state index in [0.717, 1.165) is 20.9 Å². The van der Waals surface area contributed by atoms with Gasteiger partial charge in [0.1, 0.15) is 25.3 Å². The number of ether oxygens (including phenoxy) is 7. The second-order valence-corrected chi connectivity index (χ2v) is 19.9. The molecule has 4 aliphatic rings. The molecule has 80 heavy (non-hydrogen) atoms. The summed E-state index contributed by atoms with van der Waals surface area (Å²) < 4.78 is 39.7. The Morgan fingerprint density at radius 1 is 0.713 bits per heavy atom. The van der Waals surface area contributed by atoms with Crippen molar-refractivity contribution in [3.63, 3.8) is 0 Å². The monoisotopic (exact) mass is 1110 g/mol. The summed E-state index contributed by atoms with van der Waals surface area (Å²) in [6.07, 6.45) is 4.04. The molecule has 0 spiro atoms. The van der Waals surface area contributed by atoms with E-state index in [1.807, 2.05) is 13.8 Å². The van der Waals surface area contributed by atoms with Gasteiger partial charge in [-0.05, 0) is 95.5 Å². The van der Waals surface area contributed by atoms with Crippen molar-refractivity contribution in [3.05, 3.63) is 114 Å². The number of unbranched alkanes of at least 4 members (excludes halogenated alkanes) is 2. The van der Waals surface area contributed by atoms with Crippen molar-refractivity contribution in [2.75, 3.05) is 49.2 Å². The topological polar surface area (TPSA) is 274 Å². The molecular weight excluding hydrogens is 1040 g/mol. The number of anilines is 3. The van der Waals surface area contributed by atoms with Gasteiger partial charge in [-0.3, -0.25) is 19.2 Å². The van der Waals surface area contributed by atoms with Crippen LogP contribution in [0.5, 0.6) is 23.0 Å². The lowest BCUT2D eigenvalue weighted by molar-refractivity contribution is -0.128. The van der Waals surface area contributed by atoms with Gasteiger partial charge in [0.2, 0.25) is 11.8 Å². The Kier molecular flexibility index (Phi) is 19.5.